The molecule has 0 unspecified atom stereocenters. The summed E-state index contributed by atoms with van der Waals surface area (Å²) < 4.78 is 48.0. The number of hydrogen-bond donors (Lipinski definition) is 2. The zero-order chi connectivity index (χ0) is 25.0. The first kappa shape index (κ1) is 24.3. The van der Waals surface area contributed by atoms with Crippen molar-refractivity contribution in [1.82, 2.24) is 14.5 Å². The Morgan fingerprint density at radius 1 is 1.17 bits per heavy atom. The van der Waals surface area contributed by atoms with Crippen molar-refractivity contribution in [3.63, 3.8) is 0 Å². The first-order valence-corrected chi connectivity index (χ1v) is 11.5. The summed E-state index contributed by atoms with van der Waals surface area (Å²) in [6, 6.07) is 8.29. The van der Waals surface area contributed by atoms with E-state index in [2.05, 4.69) is 26.9 Å². The molecule has 0 aliphatic rings. The molecule has 3 aromatic heterocycles. The van der Waals surface area contributed by atoms with E-state index in [0.29, 0.717) is 22.3 Å². The summed E-state index contributed by atoms with van der Waals surface area (Å²) in [4.78, 5) is 21.6. The maximum absolute atomic E-state index is 12.3. The second kappa shape index (κ2) is 10.2. The molecule has 1 aromatic carbocycles. The molecule has 0 saturated carbocycles. The number of halogens is 3. The van der Waals surface area contributed by atoms with Gasteiger partial charge in [-0.15, -0.1) is 13.2 Å². The minimum absolute atomic E-state index is 0.0700. The fourth-order valence-corrected chi connectivity index (χ4v) is 4.34. The highest BCUT2D eigenvalue weighted by atomic mass is 32.1. The molecule has 12 heteroatoms. The highest BCUT2D eigenvalue weighted by Crippen LogP contribution is 2.34. The van der Waals surface area contributed by atoms with Gasteiger partial charge in [-0.2, -0.15) is 0 Å². The monoisotopic (exact) mass is 506 g/mol. The number of pyridine rings is 1. The van der Waals surface area contributed by atoms with Crippen LogP contribution in [0.5, 0.6) is 11.5 Å². The lowest BCUT2D eigenvalue weighted by molar-refractivity contribution is -0.274. The van der Waals surface area contributed by atoms with Crippen LogP contribution in [-0.2, 0) is 6.54 Å². The van der Waals surface area contributed by atoms with Gasteiger partial charge in [0.25, 0.3) is 0 Å². The summed E-state index contributed by atoms with van der Waals surface area (Å²) in [5.41, 5.74) is 1.37. The van der Waals surface area contributed by atoms with E-state index < -0.39 is 12.3 Å². The molecule has 0 aliphatic heterocycles. The van der Waals surface area contributed by atoms with E-state index in [1.165, 1.54) is 23.5 Å². The largest absolute Gasteiger partial charge is 0.573 e. The molecule has 8 nitrogen and oxygen atoms in total. The van der Waals surface area contributed by atoms with Gasteiger partial charge in [-0.1, -0.05) is 18.3 Å². The Balaban J connectivity index is 1.54. The topological polar surface area (TPSA) is 98.5 Å². The van der Waals surface area contributed by atoms with Crippen molar-refractivity contribution in [1.29, 1.82) is 0 Å². The molecule has 3 heterocycles. The number of aromatic carboxylic acids is 1. The van der Waals surface area contributed by atoms with Crippen LogP contribution in [0.4, 0.5) is 18.3 Å². The molecule has 35 heavy (non-hydrogen) atoms. The number of alkyl halides is 3. The van der Waals surface area contributed by atoms with Crippen LogP contribution in [0.1, 0.15) is 23.8 Å². The summed E-state index contributed by atoms with van der Waals surface area (Å²) in [6.07, 6.45) is -0.497. The minimum atomic E-state index is -4.77. The molecule has 0 saturated heterocycles. The van der Waals surface area contributed by atoms with Crippen LogP contribution >= 0.6 is 11.3 Å². The van der Waals surface area contributed by atoms with Gasteiger partial charge < -0.3 is 24.5 Å². The fraction of sp³-hybridized carbons (Fsp3) is 0.261. The summed E-state index contributed by atoms with van der Waals surface area (Å²) in [6.45, 7) is 3.14. The first-order valence-electron chi connectivity index (χ1n) is 10.7. The van der Waals surface area contributed by atoms with Gasteiger partial charge in [0.2, 0.25) is 0 Å². The average molecular weight is 507 g/mol. The van der Waals surface area contributed by atoms with Crippen LogP contribution < -0.4 is 14.8 Å². The molecule has 0 spiro atoms. The Labute approximate surface area is 202 Å². The van der Waals surface area contributed by atoms with Gasteiger partial charge in [0, 0.05) is 24.3 Å². The number of anilines is 1. The van der Waals surface area contributed by atoms with Crippen molar-refractivity contribution in [2.24, 2.45) is 0 Å². The number of rotatable bonds is 10. The van der Waals surface area contributed by atoms with Gasteiger partial charge in [-0.05, 0) is 42.8 Å². The van der Waals surface area contributed by atoms with Gasteiger partial charge in [-0.25, -0.2) is 9.78 Å². The molecule has 184 valence electrons. The Hall–Kier alpha value is -3.80. The molecule has 0 atom stereocenters. The van der Waals surface area contributed by atoms with Gasteiger partial charge in [0.15, 0.2) is 5.13 Å². The molecule has 0 radical (unpaired) electrons. The fourth-order valence-electron chi connectivity index (χ4n) is 3.49. The highest BCUT2D eigenvalue weighted by molar-refractivity contribution is 7.18. The van der Waals surface area contributed by atoms with Crippen LogP contribution in [0.2, 0.25) is 0 Å². The standard InChI is InChI=1S/C23H21F3N4O4S/c1-2-8-28-22-29-13-19(35-22)20-16-12-18(21(31)32)30(17(16)7-9-27-20)10-11-33-14-3-5-15(6-4-14)34-23(24,25)26/h3-7,9,12-13H,2,8,10-11H2,1H3,(H,28,29)(H,31,32). The molecule has 0 amide bonds. The van der Waals surface area contributed by atoms with Crippen molar-refractivity contribution in [3.8, 4) is 22.1 Å². The third-order valence-electron chi connectivity index (χ3n) is 4.96. The molecule has 0 fully saturated rings. The smallest absolute Gasteiger partial charge is 0.492 e. The second-order valence-corrected chi connectivity index (χ2v) is 8.43. The lowest BCUT2D eigenvalue weighted by atomic mass is 10.2. The molecule has 4 rings (SSSR count). The van der Waals surface area contributed by atoms with E-state index in [0.717, 1.165) is 35.1 Å². The zero-order valence-electron chi connectivity index (χ0n) is 18.5. The molecular formula is C23H21F3N4O4S. The Morgan fingerprint density at radius 2 is 1.91 bits per heavy atom. The number of carboxylic acids is 1. The summed E-state index contributed by atoms with van der Waals surface area (Å²) in [7, 11) is 0. The number of thiazole rings is 1. The third kappa shape index (κ3) is 5.83. The van der Waals surface area contributed by atoms with E-state index >= 15 is 0 Å². The SMILES string of the molecule is CCCNc1ncc(-c2nccc3c2cc(C(=O)O)n3CCOc2ccc(OC(F)(F)F)cc2)s1. The number of hydrogen-bond acceptors (Lipinski definition) is 7. The van der Waals surface area contributed by atoms with Crippen molar-refractivity contribution in [3.05, 3.63) is 54.5 Å². The number of carbonyl (C=O) groups is 1. The lowest BCUT2D eigenvalue weighted by Gasteiger charge is -2.12. The van der Waals surface area contributed by atoms with Crippen molar-refractivity contribution < 1.29 is 32.5 Å². The zero-order valence-corrected chi connectivity index (χ0v) is 19.3. The van der Waals surface area contributed by atoms with Crippen LogP contribution in [0.15, 0.2) is 48.8 Å². The summed E-state index contributed by atoms with van der Waals surface area (Å²) in [5.74, 6) is -1.13. The summed E-state index contributed by atoms with van der Waals surface area (Å²) in [5, 5.41) is 14.4. The predicted molar refractivity (Wildman–Crippen MR) is 125 cm³/mol. The number of benzene rings is 1. The van der Waals surface area contributed by atoms with E-state index in [-0.39, 0.29) is 24.6 Å². The van der Waals surface area contributed by atoms with Gasteiger partial charge in [0.05, 0.1) is 22.6 Å². The maximum Gasteiger partial charge on any atom is 0.573 e. The van der Waals surface area contributed by atoms with Crippen molar-refractivity contribution in [2.75, 3.05) is 18.5 Å². The number of nitrogens with one attached hydrogen (secondary N) is 1. The normalized spacial score (nSPS) is 11.5. The number of fused-ring (bicyclic) bond motifs is 1. The number of aromatic nitrogens is 3. The average Bonchev–Trinajstić information content (AvgIpc) is 3.43. The predicted octanol–water partition coefficient (Wildman–Crippen LogP) is 5.66. The lowest BCUT2D eigenvalue weighted by Crippen LogP contribution is -2.17. The van der Waals surface area contributed by atoms with Crippen molar-refractivity contribution >= 4 is 33.3 Å². The van der Waals surface area contributed by atoms with Crippen LogP contribution in [-0.4, -0.2) is 45.1 Å². The molecule has 2 N–H and O–H groups in total. The third-order valence-corrected chi connectivity index (χ3v) is 5.92. The van der Waals surface area contributed by atoms with Gasteiger partial charge in [-0.3, -0.25) is 4.98 Å². The Kier molecular flexibility index (Phi) is 7.10. The van der Waals surface area contributed by atoms with Gasteiger partial charge >= 0.3 is 12.3 Å². The minimum Gasteiger partial charge on any atom is -0.492 e. The second-order valence-electron chi connectivity index (χ2n) is 7.40. The highest BCUT2D eigenvalue weighted by Gasteiger charge is 2.31. The van der Waals surface area contributed by atoms with E-state index in [4.69, 9.17) is 4.74 Å². The first-order chi connectivity index (χ1) is 16.7. The van der Waals surface area contributed by atoms with Crippen LogP contribution in [0.25, 0.3) is 21.5 Å². The van der Waals surface area contributed by atoms with Crippen molar-refractivity contribution in [2.45, 2.75) is 26.3 Å². The quantitative estimate of drug-likeness (QED) is 0.286. The molecule has 0 bridgehead atoms. The van der Waals surface area contributed by atoms with E-state index in [1.807, 2.05) is 0 Å². The molecular weight excluding hydrogens is 485 g/mol. The van der Waals surface area contributed by atoms with E-state index in [1.54, 1.807) is 29.1 Å². The maximum atomic E-state index is 12.3. The molecule has 0 aliphatic carbocycles. The van der Waals surface area contributed by atoms with Crippen LogP contribution in [0.3, 0.4) is 0 Å². The number of nitrogens with zero attached hydrogens (tertiary/aromatic N) is 3. The van der Waals surface area contributed by atoms with Crippen LogP contribution in [0, 0.1) is 0 Å². The van der Waals surface area contributed by atoms with Gasteiger partial charge in [0.1, 0.15) is 23.8 Å². The van der Waals surface area contributed by atoms with E-state index in [9.17, 15) is 23.1 Å². The molecule has 4 aromatic rings. The Bertz CT molecular complexity index is 1320. The number of carboxylic acid groups (broad SMARTS) is 1. The summed E-state index contributed by atoms with van der Waals surface area (Å²) >= 11 is 1.44. The Morgan fingerprint density at radius 3 is 2.60 bits per heavy atom. The number of ether oxygens (including phenoxy) is 2.